The number of carbonyl (C=O) groups is 1. The van der Waals surface area contributed by atoms with Crippen molar-refractivity contribution < 1.29 is 22.7 Å². The second kappa shape index (κ2) is 6.96. The average molecular weight is 308 g/mol. The highest BCUT2D eigenvalue weighted by atomic mass is 19.4. The first-order valence-electron chi connectivity index (χ1n) is 7.53. The molecule has 0 spiro atoms. The molecule has 2 atom stereocenters. The summed E-state index contributed by atoms with van der Waals surface area (Å²) in [7, 11) is 2.07. The van der Waals surface area contributed by atoms with Gasteiger partial charge in [-0.15, -0.1) is 0 Å². The lowest BCUT2D eigenvalue weighted by Gasteiger charge is -2.33. The summed E-state index contributed by atoms with van der Waals surface area (Å²) in [5.74, 6) is -0.0834. The predicted molar refractivity (Wildman–Crippen MR) is 71.9 cm³/mol. The largest absolute Gasteiger partial charge is 0.411 e. The molecule has 2 aliphatic heterocycles. The van der Waals surface area contributed by atoms with Crippen molar-refractivity contribution in [2.45, 2.75) is 50.4 Å². The van der Waals surface area contributed by atoms with E-state index in [-0.39, 0.29) is 25.0 Å². The third-order valence-electron chi connectivity index (χ3n) is 4.37. The summed E-state index contributed by atoms with van der Waals surface area (Å²) in [6.07, 6.45) is -0.0903. The second-order valence-electron chi connectivity index (χ2n) is 5.90. The molecule has 0 aliphatic carbocycles. The topological polar surface area (TPSA) is 32.8 Å². The zero-order valence-corrected chi connectivity index (χ0v) is 12.4. The van der Waals surface area contributed by atoms with Crippen LogP contribution >= 0.6 is 0 Å². The maximum Gasteiger partial charge on any atom is 0.411 e. The molecule has 2 heterocycles. The molecule has 2 aliphatic rings. The number of hydrogen-bond acceptors (Lipinski definition) is 3. The molecule has 0 aromatic rings. The monoisotopic (exact) mass is 308 g/mol. The van der Waals surface area contributed by atoms with Gasteiger partial charge in [-0.25, -0.2) is 0 Å². The van der Waals surface area contributed by atoms with Crippen LogP contribution in [0.1, 0.15) is 32.1 Å². The molecule has 2 fully saturated rings. The minimum atomic E-state index is -4.33. The van der Waals surface area contributed by atoms with Crippen LogP contribution in [-0.2, 0) is 9.53 Å². The van der Waals surface area contributed by atoms with Gasteiger partial charge in [0.05, 0.1) is 13.0 Å². The summed E-state index contributed by atoms with van der Waals surface area (Å²) in [4.78, 5) is 16.3. The van der Waals surface area contributed by atoms with Gasteiger partial charge >= 0.3 is 6.18 Å². The molecular weight excluding hydrogens is 285 g/mol. The molecule has 21 heavy (non-hydrogen) atoms. The zero-order valence-electron chi connectivity index (χ0n) is 12.4. The van der Waals surface area contributed by atoms with Crippen molar-refractivity contribution >= 4 is 5.91 Å². The van der Waals surface area contributed by atoms with Gasteiger partial charge in [-0.1, -0.05) is 0 Å². The molecular formula is C14H23F3N2O2. The molecule has 0 bridgehead atoms. The van der Waals surface area contributed by atoms with E-state index in [1.54, 1.807) is 0 Å². The van der Waals surface area contributed by atoms with Gasteiger partial charge in [0.1, 0.15) is 6.61 Å². The van der Waals surface area contributed by atoms with Crippen molar-refractivity contribution in [3.8, 4) is 0 Å². The standard InChI is InChI=1S/C14H23F3N2O2/c1-18-7-2-4-11(18)12-5-3-8-19(12)13(20)6-9-21-10-14(15,16)17/h11-12H,2-10H2,1H3/t11-,12+/m0/s1. The molecule has 0 saturated carbocycles. The number of likely N-dealkylation sites (tertiary alicyclic amines) is 2. The fraction of sp³-hybridized carbons (Fsp3) is 0.929. The summed E-state index contributed by atoms with van der Waals surface area (Å²) in [5.41, 5.74) is 0. The lowest BCUT2D eigenvalue weighted by molar-refractivity contribution is -0.175. The molecule has 2 saturated heterocycles. The van der Waals surface area contributed by atoms with Crippen molar-refractivity contribution in [2.75, 3.05) is 33.4 Å². The lowest BCUT2D eigenvalue weighted by Crippen LogP contribution is -2.47. The molecule has 0 unspecified atom stereocenters. The van der Waals surface area contributed by atoms with E-state index in [9.17, 15) is 18.0 Å². The second-order valence-corrected chi connectivity index (χ2v) is 5.90. The summed E-state index contributed by atoms with van der Waals surface area (Å²) in [6.45, 7) is 0.322. The van der Waals surface area contributed by atoms with Crippen LogP contribution < -0.4 is 0 Å². The highest BCUT2D eigenvalue weighted by Crippen LogP contribution is 2.29. The molecule has 4 nitrogen and oxygen atoms in total. The minimum absolute atomic E-state index is 0.0308. The third-order valence-corrected chi connectivity index (χ3v) is 4.37. The number of carbonyl (C=O) groups excluding carboxylic acids is 1. The number of ether oxygens (including phenoxy) is 1. The Kier molecular flexibility index (Phi) is 5.48. The third kappa shape index (κ3) is 4.57. The number of amides is 1. The van der Waals surface area contributed by atoms with E-state index in [1.807, 2.05) is 4.90 Å². The van der Waals surface area contributed by atoms with Crippen LogP contribution in [-0.4, -0.2) is 67.3 Å². The van der Waals surface area contributed by atoms with Crippen molar-refractivity contribution in [1.29, 1.82) is 0 Å². The summed E-state index contributed by atoms with van der Waals surface area (Å²) in [5, 5.41) is 0. The molecule has 2 rings (SSSR count). The first-order chi connectivity index (χ1) is 9.88. The summed E-state index contributed by atoms with van der Waals surface area (Å²) >= 11 is 0. The van der Waals surface area contributed by atoms with Gasteiger partial charge in [0.25, 0.3) is 0 Å². The van der Waals surface area contributed by atoms with Gasteiger partial charge in [-0.3, -0.25) is 4.79 Å². The normalized spacial score (nSPS) is 27.5. The lowest BCUT2D eigenvalue weighted by atomic mass is 10.0. The van der Waals surface area contributed by atoms with Crippen molar-refractivity contribution in [1.82, 2.24) is 9.80 Å². The average Bonchev–Trinajstić information content (AvgIpc) is 3.01. The van der Waals surface area contributed by atoms with Crippen molar-refractivity contribution in [3.63, 3.8) is 0 Å². The first kappa shape index (κ1) is 16.5. The van der Waals surface area contributed by atoms with Crippen molar-refractivity contribution in [3.05, 3.63) is 0 Å². The zero-order chi connectivity index (χ0) is 15.5. The van der Waals surface area contributed by atoms with Crippen LogP contribution in [0.15, 0.2) is 0 Å². The van der Waals surface area contributed by atoms with Crippen LogP contribution in [0.3, 0.4) is 0 Å². The van der Waals surface area contributed by atoms with Crippen LogP contribution in [0.2, 0.25) is 0 Å². The molecule has 0 radical (unpaired) electrons. The Morgan fingerprint density at radius 3 is 2.48 bits per heavy atom. The number of halogens is 3. The van der Waals surface area contributed by atoms with E-state index >= 15 is 0 Å². The Hall–Kier alpha value is -0.820. The molecule has 0 aromatic heterocycles. The molecule has 0 aromatic carbocycles. The number of nitrogens with zero attached hydrogens (tertiary/aromatic N) is 2. The van der Waals surface area contributed by atoms with Gasteiger partial charge in [-0.2, -0.15) is 13.2 Å². The Morgan fingerprint density at radius 2 is 1.86 bits per heavy atom. The SMILES string of the molecule is CN1CCC[C@H]1[C@H]1CCCN1C(=O)CCOCC(F)(F)F. The predicted octanol–water partition coefficient (Wildman–Crippen LogP) is 2.04. The Labute approximate surface area is 123 Å². The fourth-order valence-electron chi connectivity index (χ4n) is 3.42. The first-order valence-corrected chi connectivity index (χ1v) is 7.53. The summed E-state index contributed by atoms with van der Waals surface area (Å²) < 4.78 is 40.4. The van der Waals surface area contributed by atoms with E-state index < -0.39 is 12.8 Å². The number of hydrogen-bond donors (Lipinski definition) is 0. The van der Waals surface area contributed by atoms with Crippen molar-refractivity contribution in [2.24, 2.45) is 0 Å². The van der Waals surface area contributed by atoms with E-state index in [4.69, 9.17) is 0 Å². The number of likely N-dealkylation sites (N-methyl/N-ethyl adjacent to an activating group) is 1. The number of rotatable bonds is 5. The molecule has 7 heteroatoms. The van der Waals surface area contributed by atoms with Crippen LogP contribution in [0, 0.1) is 0 Å². The van der Waals surface area contributed by atoms with E-state index in [1.165, 1.54) is 0 Å². The van der Waals surface area contributed by atoms with Gasteiger partial charge < -0.3 is 14.5 Å². The Morgan fingerprint density at radius 1 is 1.19 bits per heavy atom. The van der Waals surface area contributed by atoms with Gasteiger partial charge in [0, 0.05) is 18.6 Å². The quantitative estimate of drug-likeness (QED) is 0.729. The van der Waals surface area contributed by atoms with E-state index in [0.717, 1.165) is 32.2 Å². The fourth-order valence-corrected chi connectivity index (χ4v) is 3.42. The highest BCUT2D eigenvalue weighted by Gasteiger charge is 2.38. The Balaban J connectivity index is 1.78. The van der Waals surface area contributed by atoms with Crippen LogP contribution in [0.25, 0.3) is 0 Å². The Bertz CT molecular complexity index is 363. The minimum Gasteiger partial charge on any atom is -0.372 e. The van der Waals surface area contributed by atoms with E-state index in [2.05, 4.69) is 16.7 Å². The maximum absolute atomic E-state index is 12.2. The summed E-state index contributed by atoms with van der Waals surface area (Å²) in [6, 6.07) is 0.611. The van der Waals surface area contributed by atoms with Gasteiger partial charge in [0.2, 0.25) is 5.91 Å². The van der Waals surface area contributed by atoms with Crippen LogP contribution in [0.4, 0.5) is 13.2 Å². The maximum atomic E-state index is 12.2. The van der Waals surface area contributed by atoms with Gasteiger partial charge in [0.15, 0.2) is 0 Å². The highest BCUT2D eigenvalue weighted by molar-refractivity contribution is 5.77. The number of alkyl halides is 3. The molecule has 0 N–H and O–H groups in total. The smallest absolute Gasteiger partial charge is 0.372 e. The molecule has 122 valence electrons. The molecule has 1 amide bonds. The van der Waals surface area contributed by atoms with Crippen LogP contribution in [0.5, 0.6) is 0 Å². The van der Waals surface area contributed by atoms with Gasteiger partial charge in [-0.05, 0) is 39.3 Å². The van der Waals surface area contributed by atoms with E-state index in [0.29, 0.717) is 12.6 Å².